The summed E-state index contributed by atoms with van der Waals surface area (Å²) >= 11 is 1.79. The molecule has 3 heteroatoms. The van der Waals surface area contributed by atoms with Gasteiger partial charge in [-0.15, -0.1) is 11.3 Å². The van der Waals surface area contributed by atoms with Gasteiger partial charge in [0.2, 0.25) is 0 Å². The highest BCUT2D eigenvalue weighted by Gasteiger charge is 2.13. The van der Waals surface area contributed by atoms with Gasteiger partial charge in [-0.3, -0.25) is 0 Å². The SMILES string of the molecule is CNC(Cc1nc2ccccc2s1)c1ccc(C)c(C)c1. The minimum atomic E-state index is 0.310. The lowest BCUT2D eigenvalue weighted by Gasteiger charge is -2.16. The molecule has 0 aliphatic rings. The molecule has 2 nitrogen and oxygen atoms in total. The van der Waals surface area contributed by atoms with Crippen LogP contribution in [0.15, 0.2) is 42.5 Å². The fourth-order valence-corrected chi connectivity index (χ4v) is 3.56. The summed E-state index contributed by atoms with van der Waals surface area (Å²) in [5.74, 6) is 0. The molecule has 0 aliphatic carbocycles. The molecular formula is C18H20N2S. The van der Waals surface area contributed by atoms with E-state index in [1.54, 1.807) is 11.3 Å². The second-order valence-electron chi connectivity index (χ2n) is 5.46. The first-order valence-corrected chi connectivity index (χ1v) is 8.08. The lowest BCUT2D eigenvalue weighted by molar-refractivity contribution is 0.590. The number of nitrogens with one attached hydrogen (secondary N) is 1. The smallest absolute Gasteiger partial charge is 0.0957 e. The maximum atomic E-state index is 4.74. The van der Waals surface area contributed by atoms with Crippen LogP contribution in [0.5, 0.6) is 0 Å². The van der Waals surface area contributed by atoms with Gasteiger partial charge in [-0.1, -0.05) is 30.3 Å². The lowest BCUT2D eigenvalue weighted by atomic mass is 9.99. The summed E-state index contributed by atoms with van der Waals surface area (Å²) in [4.78, 5) is 4.74. The van der Waals surface area contributed by atoms with E-state index in [9.17, 15) is 0 Å². The number of benzene rings is 2. The number of hydrogen-bond acceptors (Lipinski definition) is 3. The van der Waals surface area contributed by atoms with E-state index in [1.165, 1.54) is 26.4 Å². The molecule has 0 bridgehead atoms. The van der Waals surface area contributed by atoms with Crippen LogP contribution in [0.2, 0.25) is 0 Å². The van der Waals surface area contributed by atoms with Crippen LogP contribution in [0.25, 0.3) is 10.2 Å². The van der Waals surface area contributed by atoms with Gasteiger partial charge in [0, 0.05) is 12.5 Å². The Kier molecular flexibility index (Phi) is 4.04. The molecule has 1 aromatic heterocycles. The molecule has 2 aromatic carbocycles. The lowest BCUT2D eigenvalue weighted by Crippen LogP contribution is -2.19. The minimum Gasteiger partial charge on any atom is -0.313 e. The van der Waals surface area contributed by atoms with Gasteiger partial charge in [-0.05, 0) is 49.7 Å². The molecule has 0 amide bonds. The van der Waals surface area contributed by atoms with Crippen LogP contribution < -0.4 is 5.32 Å². The van der Waals surface area contributed by atoms with Crippen LogP contribution in [0.4, 0.5) is 0 Å². The highest BCUT2D eigenvalue weighted by atomic mass is 32.1. The van der Waals surface area contributed by atoms with E-state index in [-0.39, 0.29) is 0 Å². The Morgan fingerprint density at radius 2 is 1.90 bits per heavy atom. The Bertz CT molecular complexity index is 728. The molecule has 0 aliphatic heterocycles. The van der Waals surface area contributed by atoms with E-state index in [2.05, 4.69) is 55.6 Å². The van der Waals surface area contributed by atoms with Gasteiger partial charge in [0.15, 0.2) is 0 Å². The molecule has 3 rings (SSSR count). The number of rotatable bonds is 4. The maximum Gasteiger partial charge on any atom is 0.0957 e. The topological polar surface area (TPSA) is 24.9 Å². The molecule has 0 spiro atoms. The van der Waals surface area contributed by atoms with E-state index < -0.39 is 0 Å². The van der Waals surface area contributed by atoms with Crippen LogP contribution in [0.3, 0.4) is 0 Å². The number of hydrogen-bond donors (Lipinski definition) is 1. The minimum absolute atomic E-state index is 0.310. The zero-order chi connectivity index (χ0) is 14.8. The van der Waals surface area contributed by atoms with E-state index in [1.807, 2.05) is 13.1 Å². The van der Waals surface area contributed by atoms with Crippen molar-refractivity contribution in [3.8, 4) is 0 Å². The van der Waals surface area contributed by atoms with Gasteiger partial charge in [-0.2, -0.15) is 0 Å². The van der Waals surface area contributed by atoms with Crippen LogP contribution in [-0.2, 0) is 6.42 Å². The zero-order valence-electron chi connectivity index (χ0n) is 12.7. The number of para-hydroxylation sites is 1. The number of aromatic nitrogens is 1. The van der Waals surface area contributed by atoms with Gasteiger partial charge < -0.3 is 5.32 Å². The molecule has 1 unspecified atom stereocenters. The second kappa shape index (κ2) is 5.96. The highest BCUT2D eigenvalue weighted by molar-refractivity contribution is 7.18. The normalized spacial score (nSPS) is 12.7. The Morgan fingerprint density at radius 1 is 1.10 bits per heavy atom. The average molecular weight is 296 g/mol. The third kappa shape index (κ3) is 2.99. The summed E-state index contributed by atoms with van der Waals surface area (Å²) < 4.78 is 1.27. The van der Waals surface area contributed by atoms with Gasteiger partial charge in [-0.25, -0.2) is 4.98 Å². The van der Waals surface area contributed by atoms with Gasteiger partial charge in [0.1, 0.15) is 0 Å². The third-order valence-corrected chi connectivity index (χ3v) is 5.06. The molecule has 0 radical (unpaired) electrons. The Morgan fingerprint density at radius 3 is 2.62 bits per heavy atom. The van der Waals surface area contributed by atoms with Gasteiger partial charge >= 0.3 is 0 Å². The molecule has 21 heavy (non-hydrogen) atoms. The average Bonchev–Trinajstić information content (AvgIpc) is 2.90. The summed E-state index contributed by atoms with van der Waals surface area (Å²) in [5.41, 5.74) is 5.12. The molecule has 0 fully saturated rings. The Hall–Kier alpha value is -1.71. The van der Waals surface area contributed by atoms with Crippen LogP contribution in [0.1, 0.15) is 27.7 Å². The summed E-state index contributed by atoms with van der Waals surface area (Å²) in [7, 11) is 2.02. The molecule has 0 saturated carbocycles. The van der Waals surface area contributed by atoms with Crippen molar-refractivity contribution < 1.29 is 0 Å². The predicted octanol–water partition coefficient (Wildman–Crippen LogP) is 4.42. The molecule has 108 valence electrons. The van der Waals surface area contributed by atoms with Crippen molar-refractivity contribution in [1.82, 2.24) is 10.3 Å². The van der Waals surface area contributed by atoms with Crippen molar-refractivity contribution in [3.05, 3.63) is 64.2 Å². The van der Waals surface area contributed by atoms with Crippen LogP contribution >= 0.6 is 11.3 Å². The second-order valence-corrected chi connectivity index (χ2v) is 6.58. The summed E-state index contributed by atoms with van der Waals surface area (Å²) in [6, 6.07) is 15.4. The van der Waals surface area contributed by atoms with Gasteiger partial charge in [0.05, 0.1) is 15.2 Å². The van der Waals surface area contributed by atoms with Crippen molar-refractivity contribution in [2.45, 2.75) is 26.3 Å². The van der Waals surface area contributed by atoms with E-state index in [4.69, 9.17) is 4.98 Å². The van der Waals surface area contributed by atoms with Crippen LogP contribution in [-0.4, -0.2) is 12.0 Å². The fraction of sp³-hybridized carbons (Fsp3) is 0.278. The molecule has 3 aromatic rings. The van der Waals surface area contributed by atoms with Crippen molar-refractivity contribution in [2.24, 2.45) is 0 Å². The predicted molar refractivity (Wildman–Crippen MR) is 91.0 cm³/mol. The van der Waals surface area contributed by atoms with Gasteiger partial charge in [0.25, 0.3) is 0 Å². The summed E-state index contributed by atoms with van der Waals surface area (Å²) in [6.45, 7) is 4.32. The van der Waals surface area contributed by atoms with Crippen molar-refractivity contribution >= 4 is 21.6 Å². The molecular weight excluding hydrogens is 276 g/mol. The largest absolute Gasteiger partial charge is 0.313 e. The number of likely N-dealkylation sites (N-methyl/N-ethyl adjacent to an activating group) is 1. The van der Waals surface area contributed by atoms with Crippen molar-refractivity contribution in [3.63, 3.8) is 0 Å². The number of aryl methyl sites for hydroxylation is 2. The summed E-state index contributed by atoms with van der Waals surface area (Å²) in [6.07, 6.45) is 0.929. The molecule has 0 saturated heterocycles. The molecule has 1 N–H and O–H groups in total. The number of thiazole rings is 1. The summed E-state index contributed by atoms with van der Waals surface area (Å²) in [5, 5.41) is 4.61. The number of nitrogens with zero attached hydrogens (tertiary/aromatic N) is 1. The number of fused-ring (bicyclic) bond motifs is 1. The maximum absolute atomic E-state index is 4.74. The molecule has 1 atom stereocenters. The Balaban J connectivity index is 1.88. The zero-order valence-corrected chi connectivity index (χ0v) is 13.5. The standard InChI is InChI=1S/C18H20N2S/c1-12-8-9-14(10-13(12)2)16(19-3)11-18-20-15-6-4-5-7-17(15)21-18/h4-10,16,19H,11H2,1-3H3. The van der Waals surface area contributed by atoms with E-state index in [0.717, 1.165) is 11.9 Å². The quantitative estimate of drug-likeness (QED) is 0.771. The first-order valence-electron chi connectivity index (χ1n) is 7.26. The highest BCUT2D eigenvalue weighted by Crippen LogP contribution is 2.26. The van der Waals surface area contributed by atoms with E-state index >= 15 is 0 Å². The fourth-order valence-electron chi connectivity index (χ4n) is 2.55. The van der Waals surface area contributed by atoms with E-state index in [0.29, 0.717) is 6.04 Å². The first-order chi connectivity index (χ1) is 10.2. The third-order valence-electron chi connectivity index (χ3n) is 4.00. The van der Waals surface area contributed by atoms with Crippen LogP contribution in [0, 0.1) is 13.8 Å². The Labute approximate surface area is 129 Å². The first kappa shape index (κ1) is 14.2. The van der Waals surface area contributed by atoms with Crippen molar-refractivity contribution in [1.29, 1.82) is 0 Å². The monoisotopic (exact) mass is 296 g/mol. The van der Waals surface area contributed by atoms with Crippen molar-refractivity contribution in [2.75, 3.05) is 7.05 Å². The molecule has 1 heterocycles.